The van der Waals surface area contributed by atoms with E-state index in [1.165, 1.54) is 12.1 Å². The number of carbonyl (C=O) groups is 2. The Balaban J connectivity index is 1.90. The molecule has 2 atom stereocenters. The van der Waals surface area contributed by atoms with Crippen LogP contribution < -0.4 is 5.32 Å². The van der Waals surface area contributed by atoms with Crippen LogP contribution in [0.2, 0.25) is 5.02 Å². The lowest BCUT2D eigenvalue weighted by Crippen LogP contribution is -2.47. The minimum absolute atomic E-state index is 0.0792. The maximum Gasteiger partial charge on any atom is 0.335 e. The third-order valence-electron chi connectivity index (χ3n) is 5.69. The van der Waals surface area contributed by atoms with Crippen LogP contribution in [-0.2, 0) is 15.1 Å². The number of Topliss-reactive ketones (excluding diaryl/α,β-unsaturated/α-hetero) is 1. The van der Waals surface area contributed by atoms with E-state index in [1.54, 1.807) is 79.7 Å². The van der Waals surface area contributed by atoms with E-state index < -0.39 is 22.5 Å². The third kappa shape index (κ3) is 4.23. The fourth-order valence-corrected chi connectivity index (χ4v) is 4.36. The van der Waals surface area contributed by atoms with Gasteiger partial charge in [-0.15, -0.1) is 0 Å². The molecule has 7 nitrogen and oxygen atoms in total. The smallest absolute Gasteiger partial charge is 0.335 e. The van der Waals surface area contributed by atoms with E-state index in [-0.39, 0.29) is 18.1 Å². The van der Waals surface area contributed by atoms with Crippen LogP contribution in [0.25, 0.3) is 0 Å². The molecular formula is C26H21ClN2O5. The second-order valence-corrected chi connectivity index (χ2v) is 8.14. The molecule has 3 aromatic rings. The van der Waals surface area contributed by atoms with E-state index in [9.17, 15) is 19.7 Å². The van der Waals surface area contributed by atoms with Crippen molar-refractivity contribution in [2.75, 3.05) is 6.61 Å². The van der Waals surface area contributed by atoms with Gasteiger partial charge in [0, 0.05) is 33.9 Å². The molecule has 3 aromatic carbocycles. The quantitative estimate of drug-likeness (QED) is 0.219. The van der Waals surface area contributed by atoms with E-state index in [1.807, 2.05) is 0 Å². The molecule has 1 heterocycles. The van der Waals surface area contributed by atoms with Gasteiger partial charge in [-0.25, -0.2) is 4.79 Å². The summed E-state index contributed by atoms with van der Waals surface area (Å²) >= 11 is 6.49. The molecule has 1 aliphatic heterocycles. The topological polar surface area (TPSA) is 98.5 Å². The van der Waals surface area contributed by atoms with E-state index in [0.29, 0.717) is 27.3 Å². The third-order valence-corrected chi connectivity index (χ3v) is 6.02. The SMILES string of the molecule is CCOC(=O)[C@]1(c2ccccc2Cl)C=C(C(=O)c2ccccc2)[C@H](c2ccc([N+](=O)[O-])cc2)N1. The number of ketones is 1. The van der Waals surface area contributed by atoms with Crippen LogP contribution >= 0.6 is 11.6 Å². The molecule has 4 rings (SSSR count). The van der Waals surface area contributed by atoms with Crippen molar-refractivity contribution in [2.24, 2.45) is 0 Å². The van der Waals surface area contributed by atoms with E-state index in [4.69, 9.17) is 16.3 Å². The summed E-state index contributed by atoms with van der Waals surface area (Å²) in [4.78, 5) is 37.6. The Morgan fingerprint density at radius 3 is 2.29 bits per heavy atom. The summed E-state index contributed by atoms with van der Waals surface area (Å²) in [6.07, 6.45) is 1.56. The molecule has 0 saturated carbocycles. The maximum atomic E-state index is 13.6. The number of esters is 1. The molecule has 8 heteroatoms. The van der Waals surface area contributed by atoms with Crippen LogP contribution in [0.1, 0.15) is 34.5 Å². The predicted octanol–water partition coefficient (Wildman–Crippen LogP) is 5.16. The maximum absolute atomic E-state index is 13.6. The minimum atomic E-state index is -1.53. The molecule has 172 valence electrons. The molecule has 1 N–H and O–H groups in total. The zero-order chi connectivity index (χ0) is 24.3. The summed E-state index contributed by atoms with van der Waals surface area (Å²) in [6, 6.07) is 20.7. The van der Waals surface area contributed by atoms with E-state index in [2.05, 4.69) is 5.32 Å². The Morgan fingerprint density at radius 1 is 1.03 bits per heavy atom. The van der Waals surface area contributed by atoms with Crippen LogP contribution in [-0.4, -0.2) is 23.3 Å². The number of non-ortho nitro benzene ring substituents is 1. The lowest BCUT2D eigenvalue weighted by molar-refractivity contribution is -0.384. The first-order valence-corrected chi connectivity index (χ1v) is 11.0. The van der Waals surface area contributed by atoms with Gasteiger partial charge in [-0.3, -0.25) is 20.2 Å². The van der Waals surface area contributed by atoms with Crippen molar-refractivity contribution in [3.8, 4) is 0 Å². The number of nitro groups is 1. The molecule has 0 fully saturated rings. The highest BCUT2D eigenvalue weighted by atomic mass is 35.5. The first kappa shape index (κ1) is 23.4. The van der Waals surface area contributed by atoms with E-state index >= 15 is 0 Å². The number of nitro benzene ring substituents is 1. The second kappa shape index (κ2) is 9.59. The zero-order valence-electron chi connectivity index (χ0n) is 18.2. The summed E-state index contributed by atoms with van der Waals surface area (Å²) in [6.45, 7) is 1.82. The van der Waals surface area contributed by atoms with E-state index in [0.717, 1.165) is 0 Å². The summed E-state index contributed by atoms with van der Waals surface area (Å²) in [5, 5.41) is 14.7. The second-order valence-electron chi connectivity index (χ2n) is 7.73. The van der Waals surface area contributed by atoms with Gasteiger partial charge < -0.3 is 4.74 Å². The van der Waals surface area contributed by atoms with Crippen LogP contribution in [0.5, 0.6) is 0 Å². The van der Waals surface area contributed by atoms with Crippen LogP contribution in [0.4, 0.5) is 5.69 Å². The Labute approximate surface area is 201 Å². The summed E-state index contributed by atoms with van der Waals surface area (Å²) in [5.41, 5.74) is 0.177. The molecule has 0 spiro atoms. The number of hydrogen-bond donors (Lipinski definition) is 1. The number of benzene rings is 3. The first-order chi connectivity index (χ1) is 16.4. The Hall–Kier alpha value is -3.81. The molecule has 1 aliphatic rings. The van der Waals surface area contributed by atoms with Crippen LogP contribution in [0.3, 0.4) is 0 Å². The normalized spacial score (nSPS) is 19.4. The number of halogens is 1. The molecule has 0 aromatic heterocycles. The average molecular weight is 477 g/mol. The highest BCUT2D eigenvalue weighted by Crippen LogP contribution is 2.43. The summed E-state index contributed by atoms with van der Waals surface area (Å²) in [5.74, 6) is -0.888. The molecule has 0 radical (unpaired) electrons. The minimum Gasteiger partial charge on any atom is -0.464 e. The monoisotopic (exact) mass is 476 g/mol. The number of carbonyl (C=O) groups excluding carboxylic acids is 2. The van der Waals surface area contributed by atoms with Crippen molar-refractivity contribution < 1.29 is 19.2 Å². The summed E-state index contributed by atoms with van der Waals surface area (Å²) in [7, 11) is 0. The molecule has 0 unspecified atom stereocenters. The van der Waals surface area contributed by atoms with Crippen molar-refractivity contribution in [3.63, 3.8) is 0 Å². The predicted molar refractivity (Wildman–Crippen MR) is 128 cm³/mol. The number of nitrogens with one attached hydrogen (secondary N) is 1. The molecule has 0 saturated heterocycles. The van der Waals surface area contributed by atoms with Crippen molar-refractivity contribution in [3.05, 3.63) is 122 Å². The zero-order valence-corrected chi connectivity index (χ0v) is 19.0. The molecule has 0 bridgehead atoms. The number of ether oxygens (including phenoxy) is 1. The van der Waals surface area contributed by atoms with Gasteiger partial charge in [0.2, 0.25) is 0 Å². The van der Waals surface area contributed by atoms with Crippen molar-refractivity contribution in [2.45, 2.75) is 18.5 Å². The number of nitrogens with zero attached hydrogens (tertiary/aromatic N) is 1. The lowest BCUT2D eigenvalue weighted by Gasteiger charge is -2.29. The molecule has 0 amide bonds. The number of hydrogen-bond acceptors (Lipinski definition) is 6. The highest BCUT2D eigenvalue weighted by molar-refractivity contribution is 6.31. The lowest BCUT2D eigenvalue weighted by atomic mass is 9.89. The molecule has 0 aliphatic carbocycles. The van der Waals surface area contributed by atoms with Crippen molar-refractivity contribution in [1.82, 2.24) is 5.32 Å². The van der Waals surface area contributed by atoms with Gasteiger partial charge >= 0.3 is 5.97 Å². The van der Waals surface area contributed by atoms with Gasteiger partial charge in [-0.05, 0) is 24.6 Å². The largest absolute Gasteiger partial charge is 0.464 e. The fourth-order valence-electron chi connectivity index (χ4n) is 4.08. The van der Waals surface area contributed by atoms with Gasteiger partial charge in [0.05, 0.1) is 17.6 Å². The first-order valence-electron chi connectivity index (χ1n) is 10.6. The van der Waals surface area contributed by atoms with Crippen LogP contribution in [0, 0.1) is 10.1 Å². The molecule has 34 heavy (non-hydrogen) atoms. The summed E-state index contributed by atoms with van der Waals surface area (Å²) < 4.78 is 5.40. The van der Waals surface area contributed by atoms with Gasteiger partial charge in [-0.1, -0.05) is 72.3 Å². The average Bonchev–Trinajstić information content (AvgIpc) is 3.26. The van der Waals surface area contributed by atoms with Gasteiger partial charge in [0.25, 0.3) is 5.69 Å². The Bertz CT molecular complexity index is 1270. The highest BCUT2D eigenvalue weighted by Gasteiger charge is 2.50. The fraction of sp³-hybridized carbons (Fsp3) is 0.154. The Morgan fingerprint density at radius 2 is 1.68 bits per heavy atom. The standard InChI is InChI=1S/C26H21ClN2O5/c1-2-34-25(31)26(21-10-6-7-11-22(21)27)16-20(24(30)18-8-4-3-5-9-18)23(28-26)17-12-14-19(15-13-17)29(32)33/h3-16,23,28H,2H2,1H3/t23-,26+/m0/s1. The number of rotatable bonds is 7. The van der Waals surface area contributed by atoms with Gasteiger partial charge in [-0.2, -0.15) is 0 Å². The van der Waals surface area contributed by atoms with Crippen molar-refractivity contribution >= 4 is 29.0 Å². The van der Waals surface area contributed by atoms with Gasteiger partial charge in [0.1, 0.15) is 0 Å². The van der Waals surface area contributed by atoms with Crippen LogP contribution in [0.15, 0.2) is 90.5 Å². The van der Waals surface area contributed by atoms with Crippen molar-refractivity contribution in [1.29, 1.82) is 0 Å². The van der Waals surface area contributed by atoms with Gasteiger partial charge in [0.15, 0.2) is 11.3 Å². The molecular weight excluding hydrogens is 456 g/mol. The Kier molecular flexibility index (Phi) is 6.58.